The lowest BCUT2D eigenvalue weighted by Gasteiger charge is -2.11. The van der Waals surface area contributed by atoms with E-state index in [-0.39, 0.29) is 11.6 Å². The zero-order chi connectivity index (χ0) is 14.7. The first-order chi connectivity index (χ1) is 9.47. The fraction of sp³-hybridized carbons (Fsp3) is 0.286. The van der Waals surface area contributed by atoms with Gasteiger partial charge in [-0.3, -0.25) is 4.98 Å². The van der Waals surface area contributed by atoms with Gasteiger partial charge in [0.1, 0.15) is 5.82 Å². The number of aromatic nitrogens is 3. The summed E-state index contributed by atoms with van der Waals surface area (Å²) in [5, 5.41) is 12.3. The Labute approximate surface area is 116 Å². The van der Waals surface area contributed by atoms with Crippen molar-refractivity contribution in [3.63, 3.8) is 0 Å². The van der Waals surface area contributed by atoms with Crippen LogP contribution in [0.15, 0.2) is 24.7 Å². The number of nitrogens with one attached hydrogen (secondary N) is 1. The lowest BCUT2D eigenvalue weighted by atomic mass is 10.2. The van der Waals surface area contributed by atoms with Crippen molar-refractivity contribution in [2.24, 2.45) is 0 Å². The highest BCUT2D eigenvalue weighted by atomic mass is 16.4. The first kappa shape index (κ1) is 13.9. The highest BCUT2D eigenvalue weighted by Gasteiger charge is 2.15. The minimum atomic E-state index is -1.09. The highest BCUT2D eigenvalue weighted by Crippen LogP contribution is 2.21. The smallest absolute Gasteiger partial charge is 0.356 e. The molecule has 6 heteroatoms. The Morgan fingerprint density at radius 2 is 2.05 bits per heavy atom. The number of nitrogens with zero attached hydrogens (tertiary/aromatic N) is 3. The van der Waals surface area contributed by atoms with E-state index in [9.17, 15) is 9.90 Å². The summed E-state index contributed by atoms with van der Waals surface area (Å²) in [6.45, 7) is 5.74. The van der Waals surface area contributed by atoms with Gasteiger partial charge in [-0.15, -0.1) is 0 Å². The number of anilines is 2. The van der Waals surface area contributed by atoms with Gasteiger partial charge in [-0.2, -0.15) is 0 Å². The molecule has 2 N–H and O–H groups in total. The van der Waals surface area contributed by atoms with Crippen molar-refractivity contribution < 1.29 is 9.90 Å². The van der Waals surface area contributed by atoms with Crippen molar-refractivity contribution in [1.29, 1.82) is 0 Å². The van der Waals surface area contributed by atoms with Crippen molar-refractivity contribution in [1.82, 2.24) is 15.0 Å². The predicted octanol–water partition coefficient (Wildman–Crippen LogP) is 2.75. The number of pyridine rings is 1. The van der Waals surface area contributed by atoms with Crippen molar-refractivity contribution in [3.8, 4) is 0 Å². The molecule has 0 spiro atoms. The quantitative estimate of drug-likeness (QED) is 0.889. The molecule has 0 aliphatic heterocycles. The summed E-state index contributed by atoms with van der Waals surface area (Å²) in [5.74, 6) is -0.504. The lowest BCUT2D eigenvalue weighted by Crippen LogP contribution is -2.10. The summed E-state index contributed by atoms with van der Waals surface area (Å²) >= 11 is 0. The average molecular weight is 272 g/mol. The van der Waals surface area contributed by atoms with Crippen LogP contribution < -0.4 is 5.32 Å². The van der Waals surface area contributed by atoms with Gasteiger partial charge in [0.25, 0.3) is 0 Å². The maximum Gasteiger partial charge on any atom is 0.356 e. The Hall–Kier alpha value is -2.50. The summed E-state index contributed by atoms with van der Waals surface area (Å²) < 4.78 is 0. The van der Waals surface area contributed by atoms with E-state index in [1.165, 1.54) is 6.20 Å². The van der Waals surface area contributed by atoms with Gasteiger partial charge >= 0.3 is 5.97 Å². The second-order valence-electron chi connectivity index (χ2n) is 4.83. The van der Waals surface area contributed by atoms with Crippen molar-refractivity contribution in [2.45, 2.75) is 26.7 Å². The van der Waals surface area contributed by atoms with E-state index in [2.05, 4.69) is 20.3 Å². The number of aryl methyl sites for hydroxylation is 1. The van der Waals surface area contributed by atoms with Gasteiger partial charge in [-0.05, 0) is 18.6 Å². The molecule has 2 aromatic rings. The maximum absolute atomic E-state index is 11.3. The second-order valence-corrected chi connectivity index (χ2v) is 4.83. The molecule has 0 amide bonds. The van der Waals surface area contributed by atoms with Crippen LogP contribution in [-0.2, 0) is 0 Å². The molecule has 0 aliphatic rings. The third kappa shape index (κ3) is 3.09. The van der Waals surface area contributed by atoms with E-state index < -0.39 is 5.97 Å². The van der Waals surface area contributed by atoms with Crippen LogP contribution in [0.3, 0.4) is 0 Å². The first-order valence-electron chi connectivity index (χ1n) is 6.26. The molecule has 0 radical (unpaired) electrons. The predicted molar refractivity (Wildman–Crippen MR) is 75.3 cm³/mol. The van der Waals surface area contributed by atoms with Gasteiger partial charge in [-0.25, -0.2) is 14.8 Å². The number of carboxylic acids is 1. The molecule has 0 unspecified atom stereocenters. The number of hydrogen-bond donors (Lipinski definition) is 2. The van der Waals surface area contributed by atoms with Crippen LogP contribution in [0.1, 0.15) is 41.6 Å². The molecule has 0 aromatic carbocycles. The molecule has 0 fully saturated rings. The van der Waals surface area contributed by atoms with Gasteiger partial charge in [0.2, 0.25) is 0 Å². The third-order valence-corrected chi connectivity index (χ3v) is 2.68. The maximum atomic E-state index is 11.3. The Morgan fingerprint density at radius 3 is 2.65 bits per heavy atom. The van der Waals surface area contributed by atoms with Crippen LogP contribution in [0.25, 0.3) is 0 Å². The molecule has 20 heavy (non-hydrogen) atoms. The molecule has 0 bridgehead atoms. The van der Waals surface area contributed by atoms with E-state index in [1.54, 1.807) is 12.4 Å². The van der Waals surface area contributed by atoms with Gasteiger partial charge in [-0.1, -0.05) is 13.8 Å². The fourth-order valence-electron chi connectivity index (χ4n) is 1.71. The topological polar surface area (TPSA) is 88.0 Å². The van der Waals surface area contributed by atoms with E-state index in [4.69, 9.17) is 0 Å². The Balaban J connectivity index is 2.38. The van der Waals surface area contributed by atoms with Crippen molar-refractivity contribution in [3.05, 3.63) is 41.7 Å². The van der Waals surface area contributed by atoms with E-state index in [0.29, 0.717) is 17.2 Å². The highest BCUT2D eigenvalue weighted by molar-refractivity contribution is 5.92. The Bertz CT molecular complexity index is 641. The number of rotatable bonds is 4. The van der Waals surface area contributed by atoms with Crippen LogP contribution >= 0.6 is 0 Å². The summed E-state index contributed by atoms with van der Waals surface area (Å²) in [4.78, 5) is 23.6. The molecular formula is C14H16N4O2. The van der Waals surface area contributed by atoms with E-state index >= 15 is 0 Å². The van der Waals surface area contributed by atoms with Crippen LogP contribution in [-0.4, -0.2) is 26.0 Å². The fourth-order valence-corrected chi connectivity index (χ4v) is 1.71. The second kappa shape index (κ2) is 5.64. The minimum absolute atomic E-state index is 0.0368. The van der Waals surface area contributed by atoms with Crippen LogP contribution in [0.2, 0.25) is 0 Å². The Kier molecular flexibility index (Phi) is 3.93. The molecule has 2 heterocycles. The van der Waals surface area contributed by atoms with Crippen LogP contribution in [0, 0.1) is 6.92 Å². The lowest BCUT2D eigenvalue weighted by molar-refractivity contribution is 0.0691. The normalized spacial score (nSPS) is 10.6. The zero-order valence-electron chi connectivity index (χ0n) is 11.6. The molecule has 6 nitrogen and oxygen atoms in total. The average Bonchev–Trinajstić information content (AvgIpc) is 2.38. The molecule has 0 atom stereocenters. The summed E-state index contributed by atoms with van der Waals surface area (Å²) in [6.07, 6.45) is 4.84. The van der Waals surface area contributed by atoms with Gasteiger partial charge in [0, 0.05) is 12.1 Å². The summed E-state index contributed by atoms with van der Waals surface area (Å²) in [6, 6.07) is 1.87. The summed E-state index contributed by atoms with van der Waals surface area (Å²) in [5.41, 5.74) is 2.00. The molecular weight excluding hydrogens is 256 g/mol. The largest absolute Gasteiger partial charge is 0.476 e. The van der Waals surface area contributed by atoms with Crippen LogP contribution in [0.5, 0.6) is 0 Å². The molecule has 0 saturated carbocycles. The monoisotopic (exact) mass is 272 g/mol. The molecule has 2 aromatic heterocycles. The molecule has 2 rings (SSSR count). The summed E-state index contributed by atoms with van der Waals surface area (Å²) in [7, 11) is 0. The minimum Gasteiger partial charge on any atom is -0.476 e. The van der Waals surface area contributed by atoms with Gasteiger partial charge in [0.15, 0.2) is 5.69 Å². The van der Waals surface area contributed by atoms with E-state index in [0.717, 1.165) is 5.56 Å². The number of hydrogen-bond acceptors (Lipinski definition) is 5. The number of aromatic carboxylic acids is 1. The SMILES string of the molecule is Cc1cncc(Nc2cnc(C(C)C)nc2C(=O)O)c1. The van der Waals surface area contributed by atoms with Crippen LogP contribution in [0.4, 0.5) is 11.4 Å². The number of carbonyl (C=O) groups is 1. The number of carboxylic acid groups (broad SMARTS) is 1. The Morgan fingerprint density at radius 1 is 1.30 bits per heavy atom. The van der Waals surface area contributed by atoms with Gasteiger partial charge < -0.3 is 10.4 Å². The van der Waals surface area contributed by atoms with E-state index in [1.807, 2.05) is 26.8 Å². The zero-order valence-corrected chi connectivity index (χ0v) is 11.6. The molecule has 0 saturated heterocycles. The standard InChI is InChI=1S/C14H16N4O2/c1-8(2)13-16-7-11(12(18-13)14(19)20)17-10-4-9(3)5-15-6-10/h4-8,17H,1-3H3,(H,19,20). The molecule has 0 aliphatic carbocycles. The first-order valence-corrected chi connectivity index (χ1v) is 6.26. The van der Waals surface area contributed by atoms with Crippen molar-refractivity contribution in [2.75, 3.05) is 5.32 Å². The van der Waals surface area contributed by atoms with Gasteiger partial charge in [0.05, 0.1) is 23.8 Å². The third-order valence-electron chi connectivity index (χ3n) is 2.68. The molecule has 104 valence electrons. The van der Waals surface area contributed by atoms with Crippen molar-refractivity contribution >= 4 is 17.3 Å².